The van der Waals surface area contributed by atoms with Crippen LogP contribution in [-0.2, 0) is 18.6 Å². The quantitative estimate of drug-likeness (QED) is 0.189. The summed E-state index contributed by atoms with van der Waals surface area (Å²) in [7, 11) is -2.01. The molecular weight excluding hydrogens is 546 g/mol. The molecular formula is C24H38BrN5O5Si. The summed E-state index contributed by atoms with van der Waals surface area (Å²) in [5.74, 6) is -0.403. The topological polar surface area (TPSA) is 113 Å². The van der Waals surface area contributed by atoms with Crippen molar-refractivity contribution < 1.29 is 18.6 Å². The van der Waals surface area contributed by atoms with Gasteiger partial charge < -0.3 is 24.0 Å². The summed E-state index contributed by atoms with van der Waals surface area (Å²) in [5.41, 5.74) is 0.291. The van der Waals surface area contributed by atoms with Gasteiger partial charge in [-0.3, -0.25) is 14.3 Å². The highest BCUT2D eigenvalue weighted by Gasteiger charge is 2.57. The number of hydrogen-bond donors (Lipinski definition) is 2. The van der Waals surface area contributed by atoms with E-state index in [0.29, 0.717) is 29.5 Å². The monoisotopic (exact) mass is 583 g/mol. The van der Waals surface area contributed by atoms with Crippen LogP contribution in [0, 0.1) is 0 Å². The Balaban J connectivity index is 1.65. The van der Waals surface area contributed by atoms with E-state index in [-0.39, 0.29) is 28.3 Å². The molecule has 2 aliphatic heterocycles. The van der Waals surface area contributed by atoms with Crippen molar-refractivity contribution in [2.24, 2.45) is 0 Å². The van der Waals surface area contributed by atoms with Gasteiger partial charge in [-0.25, -0.2) is 4.98 Å². The minimum absolute atomic E-state index is 0.0698. The highest BCUT2D eigenvalue weighted by atomic mass is 79.9. The zero-order valence-corrected chi connectivity index (χ0v) is 24.8. The Hall–Kier alpha value is -1.57. The predicted octanol–water partition coefficient (Wildman–Crippen LogP) is 4.70. The second-order valence-corrected chi connectivity index (χ2v) is 16.9. The predicted molar refractivity (Wildman–Crippen MR) is 145 cm³/mol. The first kappa shape index (κ1) is 27.5. The molecule has 4 atom stereocenters. The molecule has 2 aromatic rings. The molecule has 10 nitrogen and oxygen atoms in total. The van der Waals surface area contributed by atoms with E-state index in [4.69, 9.17) is 18.6 Å². The number of aromatic amines is 1. The molecule has 2 aromatic heterocycles. The van der Waals surface area contributed by atoms with Crippen LogP contribution in [0.15, 0.2) is 22.2 Å². The van der Waals surface area contributed by atoms with Crippen LogP contribution in [0.5, 0.6) is 0 Å². The number of ether oxygens (including phenoxy) is 3. The summed E-state index contributed by atoms with van der Waals surface area (Å²) in [6.07, 6.45) is 1.89. The average molecular weight is 585 g/mol. The largest absolute Gasteiger partial charge is 0.414 e. The van der Waals surface area contributed by atoms with E-state index >= 15 is 0 Å². The van der Waals surface area contributed by atoms with E-state index in [1.807, 2.05) is 19.9 Å². The third-order valence-electron chi connectivity index (χ3n) is 7.18. The summed E-state index contributed by atoms with van der Waals surface area (Å²) in [5, 5.41) is 3.25. The van der Waals surface area contributed by atoms with E-state index in [2.05, 4.69) is 76.6 Å². The van der Waals surface area contributed by atoms with E-state index in [1.165, 1.54) is 0 Å². The molecule has 0 saturated carbocycles. The molecule has 0 aromatic carbocycles. The fourth-order valence-electron chi connectivity index (χ4n) is 4.23. The number of imidazole rings is 1. The van der Waals surface area contributed by atoms with E-state index < -0.39 is 26.4 Å². The first-order valence-electron chi connectivity index (χ1n) is 12.4. The van der Waals surface area contributed by atoms with Gasteiger partial charge in [-0.15, -0.1) is 6.58 Å². The van der Waals surface area contributed by atoms with Gasteiger partial charge in [-0.2, -0.15) is 4.98 Å². The average Bonchev–Trinajstić information content (AvgIpc) is 3.37. The Bertz CT molecular complexity index is 1170. The molecule has 0 radical (unpaired) electrons. The summed E-state index contributed by atoms with van der Waals surface area (Å²) < 4.78 is 27.8. The highest BCUT2D eigenvalue weighted by Crippen LogP contribution is 2.45. The van der Waals surface area contributed by atoms with Gasteiger partial charge in [0.25, 0.3) is 5.56 Å². The van der Waals surface area contributed by atoms with Gasteiger partial charge >= 0.3 is 0 Å². The van der Waals surface area contributed by atoms with Crippen LogP contribution in [0.3, 0.4) is 0 Å². The molecule has 36 heavy (non-hydrogen) atoms. The standard InChI is InChI=1S/C24H38BrN5O5Si/c1-9-10-11-12-26-22-28-18-15(19(31)29-22)27-21(25)30(18)20-17-16(34-24(5,6)35-17)14(33-20)13-32-36(7,8)23(2,3)4/h9,14,16-17,20H,1,10-13H2,2-8H3,(H2,26,28,29,31). The van der Waals surface area contributed by atoms with Crippen molar-refractivity contribution >= 4 is 41.4 Å². The lowest BCUT2D eigenvalue weighted by Crippen LogP contribution is -2.44. The minimum Gasteiger partial charge on any atom is -0.414 e. The molecule has 0 bridgehead atoms. The smallest absolute Gasteiger partial charge is 0.280 e. The Morgan fingerprint density at radius 2 is 1.97 bits per heavy atom. The van der Waals surface area contributed by atoms with E-state index in [9.17, 15) is 4.79 Å². The first-order valence-corrected chi connectivity index (χ1v) is 16.1. The van der Waals surface area contributed by atoms with Crippen LogP contribution in [-0.4, -0.2) is 65.1 Å². The lowest BCUT2D eigenvalue weighted by Gasteiger charge is -2.37. The summed E-state index contributed by atoms with van der Waals surface area (Å²) in [6, 6.07) is 0. The minimum atomic E-state index is -2.01. The first-order chi connectivity index (χ1) is 16.7. The third-order valence-corrected chi connectivity index (χ3v) is 12.2. The van der Waals surface area contributed by atoms with E-state index in [0.717, 1.165) is 12.8 Å². The number of nitrogens with one attached hydrogen (secondary N) is 2. The zero-order chi connectivity index (χ0) is 26.5. The lowest BCUT2D eigenvalue weighted by molar-refractivity contribution is -0.199. The molecule has 12 heteroatoms. The zero-order valence-electron chi connectivity index (χ0n) is 22.2. The van der Waals surface area contributed by atoms with Crippen molar-refractivity contribution in [3.8, 4) is 0 Å². The van der Waals surface area contributed by atoms with Crippen molar-refractivity contribution in [2.45, 2.75) is 95.9 Å². The molecule has 2 aliphatic rings. The van der Waals surface area contributed by atoms with Crippen molar-refractivity contribution in [2.75, 3.05) is 18.5 Å². The number of unbranched alkanes of at least 4 members (excludes halogenated alkanes) is 1. The van der Waals surface area contributed by atoms with Crippen LogP contribution >= 0.6 is 15.9 Å². The molecule has 2 saturated heterocycles. The summed E-state index contributed by atoms with van der Waals surface area (Å²) in [4.78, 5) is 24.7. The van der Waals surface area contributed by atoms with Gasteiger partial charge in [0.2, 0.25) is 5.95 Å². The molecule has 200 valence electrons. The highest BCUT2D eigenvalue weighted by molar-refractivity contribution is 9.10. The van der Waals surface area contributed by atoms with Gasteiger partial charge in [0, 0.05) is 6.54 Å². The van der Waals surface area contributed by atoms with Crippen LogP contribution in [0.1, 0.15) is 53.7 Å². The Morgan fingerprint density at radius 1 is 1.28 bits per heavy atom. The maximum atomic E-state index is 12.8. The normalized spacial score (nSPS) is 25.9. The molecule has 4 unspecified atom stereocenters. The van der Waals surface area contributed by atoms with Gasteiger partial charge in [0.1, 0.15) is 18.3 Å². The number of rotatable bonds is 9. The maximum Gasteiger partial charge on any atom is 0.280 e. The van der Waals surface area contributed by atoms with Crippen LogP contribution in [0.2, 0.25) is 18.1 Å². The number of hydrogen-bond acceptors (Lipinski definition) is 8. The number of nitrogens with zero attached hydrogens (tertiary/aromatic N) is 3. The molecule has 4 rings (SSSR count). The number of allylic oxidation sites excluding steroid dienone is 1. The Kier molecular flexibility index (Phi) is 7.59. The maximum absolute atomic E-state index is 12.8. The number of anilines is 1. The van der Waals surface area contributed by atoms with Gasteiger partial charge in [-0.1, -0.05) is 26.8 Å². The Morgan fingerprint density at radius 3 is 2.64 bits per heavy atom. The number of aromatic nitrogens is 4. The number of H-pyrrole nitrogens is 1. The van der Waals surface area contributed by atoms with Gasteiger partial charge in [0.15, 0.2) is 36.2 Å². The molecule has 4 heterocycles. The number of halogens is 1. The van der Waals surface area contributed by atoms with Crippen LogP contribution in [0.4, 0.5) is 5.95 Å². The second-order valence-electron chi connectivity index (χ2n) is 11.4. The van der Waals surface area contributed by atoms with Crippen molar-refractivity contribution in [3.63, 3.8) is 0 Å². The van der Waals surface area contributed by atoms with Gasteiger partial charge in [-0.05, 0) is 60.8 Å². The molecule has 2 N–H and O–H groups in total. The lowest BCUT2D eigenvalue weighted by atomic mass is 10.1. The van der Waals surface area contributed by atoms with Crippen LogP contribution < -0.4 is 10.9 Å². The fraction of sp³-hybridized carbons (Fsp3) is 0.708. The molecule has 0 aliphatic carbocycles. The third kappa shape index (κ3) is 5.34. The molecule has 2 fully saturated rings. The molecule has 0 amide bonds. The van der Waals surface area contributed by atoms with Crippen molar-refractivity contribution in [1.29, 1.82) is 0 Å². The molecule has 0 spiro atoms. The summed E-state index contributed by atoms with van der Waals surface area (Å²) >= 11 is 3.52. The van der Waals surface area contributed by atoms with Gasteiger partial charge in [0.05, 0.1) is 6.61 Å². The number of fused-ring (bicyclic) bond motifs is 2. The van der Waals surface area contributed by atoms with E-state index in [1.54, 1.807) is 4.57 Å². The SMILES string of the molecule is C=CCCCNc1nc2c(nc(Br)n2C2OC(CO[Si](C)(C)C(C)(C)C)C3OC(C)(C)OC32)c(=O)[nH]1. The fourth-order valence-corrected chi connectivity index (χ4v) is 5.79. The van der Waals surface area contributed by atoms with Crippen molar-refractivity contribution in [3.05, 3.63) is 27.7 Å². The summed E-state index contributed by atoms with van der Waals surface area (Å²) in [6.45, 7) is 19.6. The van der Waals surface area contributed by atoms with Crippen molar-refractivity contribution in [1.82, 2.24) is 19.5 Å². The van der Waals surface area contributed by atoms with Crippen LogP contribution in [0.25, 0.3) is 11.2 Å². The Labute approximate surface area is 221 Å². The second kappa shape index (κ2) is 9.95.